The van der Waals surface area contributed by atoms with Crippen LogP contribution in [0.25, 0.3) is 10.9 Å². The molecule has 15 heavy (non-hydrogen) atoms. The Morgan fingerprint density at radius 1 is 1.33 bits per heavy atom. The third kappa shape index (κ3) is 2.05. The van der Waals surface area contributed by atoms with E-state index in [0.717, 1.165) is 12.3 Å². The maximum Gasteiger partial charge on any atom is 0.0944 e. The van der Waals surface area contributed by atoms with E-state index in [-0.39, 0.29) is 6.10 Å². The molecule has 0 bridgehead atoms. The molecule has 0 saturated heterocycles. The molecule has 2 aromatic rings. The van der Waals surface area contributed by atoms with E-state index < -0.39 is 0 Å². The average molecular weight is 203 g/mol. The van der Waals surface area contributed by atoms with Crippen molar-refractivity contribution in [2.24, 2.45) is 0 Å². The van der Waals surface area contributed by atoms with E-state index in [4.69, 9.17) is 4.74 Å². The average Bonchev–Trinajstić information content (AvgIpc) is 2.60. The monoisotopic (exact) mass is 203 g/mol. The van der Waals surface area contributed by atoms with Crippen molar-refractivity contribution in [1.82, 2.24) is 4.98 Å². The Kier molecular flexibility index (Phi) is 2.78. The lowest BCUT2D eigenvalue weighted by atomic mass is 10.2. The first kappa shape index (κ1) is 10.2. The number of fused-ring (bicyclic) bond motifs is 1. The summed E-state index contributed by atoms with van der Waals surface area (Å²) in [4.78, 5) is 3.40. The Morgan fingerprint density at radius 3 is 2.87 bits per heavy atom. The first-order valence-corrected chi connectivity index (χ1v) is 5.41. The van der Waals surface area contributed by atoms with Crippen molar-refractivity contribution in [2.75, 3.05) is 6.61 Å². The molecule has 0 aliphatic rings. The molecule has 0 fully saturated rings. The van der Waals surface area contributed by atoms with Gasteiger partial charge in [0, 0.05) is 17.8 Å². The number of hydrogen-bond acceptors (Lipinski definition) is 1. The first-order valence-electron chi connectivity index (χ1n) is 5.41. The second-order valence-corrected chi connectivity index (χ2v) is 3.91. The van der Waals surface area contributed by atoms with Gasteiger partial charge in [0.15, 0.2) is 0 Å². The summed E-state index contributed by atoms with van der Waals surface area (Å²) in [5.74, 6) is 0. The van der Waals surface area contributed by atoms with Gasteiger partial charge in [0.05, 0.1) is 6.10 Å². The van der Waals surface area contributed by atoms with E-state index >= 15 is 0 Å². The smallest absolute Gasteiger partial charge is 0.0944 e. The van der Waals surface area contributed by atoms with Gasteiger partial charge in [-0.3, -0.25) is 0 Å². The van der Waals surface area contributed by atoms with Gasteiger partial charge in [0.1, 0.15) is 0 Å². The van der Waals surface area contributed by atoms with Crippen LogP contribution in [0.1, 0.15) is 31.2 Å². The molecular weight excluding hydrogens is 186 g/mol. The van der Waals surface area contributed by atoms with Crippen LogP contribution < -0.4 is 0 Å². The number of rotatable bonds is 3. The minimum atomic E-state index is 0.141. The van der Waals surface area contributed by atoms with Gasteiger partial charge in [0.25, 0.3) is 0 Å². The Balaban J connectivity index is 2.38. The molecule has 0 amide bonds. The van der Waals surface area contributed by atoms with Crippen molar-refractivity contribution in [1.29, 1.82) is 0 Å². The fourth-order valence-corrected chi connectivity index (χ4v) is 1.82. The highest BCUT2D eigenvalue weighted by atomic mass is 16.5. The normalized spacial score (nSPS) is 13.3. The summed E-state index contributed by atoms with van der Waals surface area (Å²) < 4.78 is 5.56. The second kappa shape index (κ2) is 4.07. The predicted octanol–water partition coefficient (Wildman–Crippen LogP) is 3.57. The van der Waals surface area contributed by atoms with Crippen LogP contribution in [0.2, 0.25) is 0 Å². The quantitative estimate of drug-likeness (QED) is 0.810. The van der Waals surface area contributed by atoms with Gasteiger partial charge < -0.3 is 9.72 Å². The molecule has 0 aliphatic carbocycles. The van der Waals surface area contributed by atoms with E-state index in [9.17, 15) is 0 Å². The van der Waals surface area contributed by atoms with E-state index in [1.54, 1.807) is 0 Å². The van der Waals surface area contributed by atoms with E-state index in [1.807, 2.05) is 6.92 Å². The molecule has 1 atom stereocenters. The van der Waals surface area contributed by atoms with Gasteiger partial charge in [-0.25, -0.2) is 0 Å². The predicted molar refractivity (Wildman–Crippen MR) is 63.1 cm³/mol. The molecule has 1 heterocycles. The summed E-state index contributed by atoms with van der Waals surface area (Å²) in [7, 11) is 0. The largest absolute Gasteiger partial charge is 0.373 e. The van der Waals surface area contributed by atoms with Crippen molar-refractivity contribution in [3.05, 3.63) is 35.5 Å². The standard InChI is InChI=1S/C13H17NO/c1-4-15-10(3)12-8-11-6-5-9(2)7-13(11)14-12/h5-8,10,14H,4H2,1-3H3. The summed E-state index contributed by atoms with van der Waals surface area (Å²) in [6.45, 7) is 6.94. The van der Waals surface area contributed by atoms with Crippen LogP contribution in [0.15, 0.2) is 24.3 Å². The molecule has 0 spiro atoms. The molecule has 80 valence electrons. The Hall–Kier alpha value is -1.28. The molecule has 1 aromatic heterocycles. The zero-order chi connectivity index (χ0) is 10.8. The Bertz CT molecular complexity index is 459. The topological polar surface area (TPSA) is 25.0 Å². The third-order valence-corrected chi connectivity index (χ3v) is 2.65. The maximum atomic E-state index is 5.56. The zero-order valence-electron chi connectivity index (χ0n) is 9.50. The van der Waals surface area contributed by atoms with Gasteiger partial charge in [-0.15, -0.1) is 0 Å². The highest BCUT2D eigenvalue weighted by molar-refractivity contribution is 5.81. The van der Waals surface area contributed by atoms with Crippen molar-refractivity contribution >= 4 is 10.9 Å². The van der Waals surface area contributed by atoms with E-state index in [0.29, 0.717) is 0 Å². The number of ether oxygens (including phenoxy) is 1. The van der Waals surface area contributed by atoms with Crippen molar-refractivity contribution < 1.29 is 4.74 Å². The number of aromatic nitrogens is 1. The Morgan fingerprint density at radius 2 is 2.13 bits per heavy atom. The van der Waals surface area contributed by atoms with Gasteiger partial charge in [-0.2, -0.15) is 0 Å². The summed E-state index contributed by atoms with van der Waals surface area (Å²) in [6.07, 6.45) is 0.141. The molecule has 1 N–H and O–H groups in total. The molecule has 2 rings (SSSR count). The molecule has 2 heteroatoms. The highest BCUT2D eigenvalue weighted by Crippen LogP contribution is 2.22. The minimum Gasteiger partial charge on any atom is -0.373 e. The lowest BCUT2D eigenvalue weighted by Gasteiger charge is -2.08. The molecule has 1 unspecified atom stereocenters. The first-order chi connectivity index (χ1) is 7.20. The summed E-state index contributed by atoms with van der Waals surface area (Å²) in [6, 6.07) is 8.60. The highest BCUT2D eigenvalue weighted by Gasteiger charge is 2.08. The van der Waals surface area contributed by atoms with Crippen molar-refractivity contribution in [3.63, 3.8) is 0 Å². The molecule has 1 aromatic carbocycles. The summed E-state index contributed by atoms with van der Waals surface area (Å²) in [5.41, 5.74) is 3.62. The Labute approximate surface area is 90.3 Å². The van der Waals surface area contributed by atoms with Gasteiger partial charge in [0.2, 0.25) is 0 Å². The van der Waals surface area contributed by atoms with E-state index in [2.05, 4.69) is 43.1 Å². The van der Waals surface area contributed by atoms with Crippen molar-refractivity contribution in [3.8, 4) is 0 Å². The number of H-pyrrole nitrogens is 1. The van der Waals surface area contributed by atoms with Gasteiger partial charge >= 0.3 is 0 Å². The maximum absolute atomic E-state index is 5.56. The third-order valence-electron chi connectivity index (χ3n) is 2.65. The number of aromatic amines is 1. The van der Waals surface area contributed by atoms with Crippen LogP contribution in [-0.2, 0) is 4.74 Å². The van der Waals surface area contributed by atoms with Gasteiger partial charge in [-0.05, 0) is 43.9 Å². The zero-order valence-corrected chi connectivity index (χ0v) is 9.50. The lowest BCUT2D eigenvalue weighted by Crippen LogP contribution is -1.99. The second-order valence-electron chi connectivity index (χ2n) is 3.91. The molecule has 2 nitrogen and oxygen atoms in total. The number of nitrogens with one attached hydrogen (secondary N) is 1. The van der Waals surface area contributed by atoms with Crippen LogP contribution in [0.3, 0.4) is 0 Å². The molecule has 0 saturated carbocycles. The van der Waals surface area contributed by atoms with E-state index in [1.165, 1.54) is 16.5 Å². The van der Waals surface area contributed by atoms with Crippen LogP contribution in [0, 0.1) is 6.92 Å². The lowest BCUT2D eigenvalue weighted by molar-refractivity contribution is 0.0739. The summed E-state index contributed by atoms with van der Waals surface area (Å²) >= 11 is 0. The number of hydrogen-bond donors (Lipinski definition) is 1. The minimum absolute atomic E-state index is 0.141. The van der Waals surface area contributed by atoms with Crippen LogP contribution in [-0.4, -0.2) is 11.6 Å². The molecule has 0 radical (unpaired) electrons. The fourth-order valence-electron chi connectivity index (χ4n) is 1.82. The summed E-state index contributed by atoms with van der Waals surface area (Å²) in [5, 5.41) is 1.25. The van der Waals surface area contributed by atoms with Gasteiger partial charge in [-0.1, -0.05) is 12.1 Å². The number of benzene rings is 1. The SMILES string of the molecule is CCOC(C)c1cc2ccc(C)cc2[nH]1. The number of aryl methyl sites for hydroxylation is 1. The van der Waals surface area contributed by atoms with Crippen molar-refractivity contribution in [2.45, 2.75) is 26.9 Å². The molecule has 0 aliphatic heterocycles. The molecular formula is C13H17NO. The van der Waals surface area contributed by atoms with Crippen LogP contribution >= 0.6 is 0 Å². The van der Waals surface area contributed by atoms with Crippen LogP contribution in [0.4, 0.5) is 0 Å². The fraction of sp³-hybridized carbons (Fsp3) is 0.385. The van der Waals surface area contributed by atoms with Crippen LogP contribution in [0.5, 0.6) is 0 Å².